The van der Waals surface area contributed by atoms with Crippen LogP contribution in [-0.2, 0) is 6.42 Å². The van der Waals surface area contributed by atoms with Crippen molar-refractivity contribution in [3.8, 4) is 5.88 Å². The first-order valence-electron chi connectivity index (χ1n) is 5.65. The monoisotopic (exact) mass is 251 g/mol. The number of fused-ring (bicyclic) bond motifs is 1. The number of aromatic nitrogens is 2. The third-order valence-electron chi connectivity index (χ3n) is 2.43. The maximum absolute atomic E-state index is 13.8. The fourth-order valence-electron chi connectivity index (χ4n) is 1.64. The van der Waals surface area contributed by atoms with Crippen LogP contribution in [0.3, 0.4) is 0 Å². The summed E-state index contributed by atoms with van der Waals surface area (Å²) in [6, 6.07) is 2.77. The zero-order valence-corrected chi connectivity index (χ0v) is 9.98. The minimum Gasteiger partial charge on any atom is -0.475 e. The van der Waals surface area contributed by atoms with Gasteiger partial charge in [-0.15, -0.1) is 0 Å². The number of aliphatic hydroxyl groups is 1. The van der Waals surface area contributed by atoms with Crippen LogP contribution in [0.5, 0.6) is 5.88 Å². The molecule has 18 heavy (non-hydrogen) atoms. The van der Waals surface area contributed by atoms with Crippen LogP contribution in [0.4, 0.5) is 10.1 Å². The molecule has 6 heteroatoms. The molecule has 2 aromatic rings. The maximum Gasteiger partial charge on any atom is 0.224 e. The molecule has 0 fully saturated rings. The van der Waals surface area contributed by atoms with Crippen molar-refractivity contribution in [2.45, 2.75) is 13.3 Å². The van der Waals surface area contributed by atoms with E-state index >= 15 is 0 Å². The smallest absolute Gasteiger partial charge is 0.224 e. The highest BCUT2D eigenvalue weighted by Gasteiger charge is 2.12. The zero-order valence-electron chi connectivity index (χ0n) is 9.98. The van der Waals surface area contributed by atoms with E-state index in [-0.39, 0.29) is 30.3 Å². The lowest BCUT2D eigenvalue weighted by Crippen LogP contribution is -2.07. The van der Waals surface area contributed by atoms with Gasteiger partial charge in [-0.3, -0.25) is 0 Å². The number of halogens is 1. The van der Waals surface area contributed by atoms with Gasteiger partial charge in [-0.2, -0.15) is 4.98 Å². The Morgan fingerprint density at radius 2 is 2.17 bits per heavy atom. The molecule has 0 aliphatic carbocycles. The van der Waals surface area contributed by atoms with Crippen LogP contribution in [0.25, 0.3) is 10.9 Å². The molecule has 0 atom stereocenters. The average molecular weight is 251 g/mol. The lowest BCUT2D eigenvalue weighted by molar-refractivity contribution is 0.198. The molecule has 1 aromatic heterocycles. The third-order valence-corrected chi connectivity index (χ3v) is 2.43. The summed E-state index contributed by atoms with van der Waals surface area (Å²) < 4.78 is 19.1. The van der Waals surface area contributed by atoms with Crippen molar-refractivity contribution in [2.75, 3.05) is 18.9 Å². The van der Waals surface area contributed by atoms with E-state index in [1.54, 1.807) is 6.07 Å². The Morgan fingerprint density at radius 3 is 2.83 bits per heavy atom. The number of anilines is 1. The highest BCUT2D eigenvalue weighted by atomic mass is 19.1. The average Bonchev–Trinajstić information content (AvgIpc) is 2.36. The number of benzene rings is 1. The summed E-state index contributed by atoms with van der Waals surface area (Å²) in [5.41, 5.74) is 6.06. The Kier molecular flexibility index (Phi) is 3.57. The maximum atomic E-state index is 13.8. The zero-order chi connectivity index (χ0) is 13.1. The molecule has 2 rings (SSSR count). The van der Waals surface area contributed by atoms with E-state index in [2.05, 4.69) is 9.97 Å². The first-order chi connectivity index (χ1) is 8.65. The summed E-state index contributed by atoms with van der Waals surface area (Å²) in [6.07, 6.45) is 0.565. The van der Waals surface area contributed by atoms with Gasteiger partial charge in [0.2, 0.25) is 5.88 Å². The fourth-order valence-corrected chi connectivity index (χ4v) is 1.64. The van der Waals surface area contributed by atoms with E-state index in [0.29, 0.717) is 17.6 Å². The Bertz CT molecular complexity index is 575. The van der Waals surface area contributed by atoms with E-state index in [4.69, 9.17) is 15.6 Å². The van der Waals surface area contributed by atoms with Gasteiger partial charge in [-0.1, -0.05) is 6.92 Å². The molecular formula is C12H14FN3O2. The summed E-state index contributed by atoms with van der Waals surface area (Å²) in [6.45, 7) is 1.82. The van der Waals surface area contributed by atoms with Gasteiger partial charge in [-0.25, -0.2) is 9.37 Å². The second-order valence-electron chi connectivity index (χ2n) is 3.77. The van der Waals surface area contributed by atoms with E-state index in [0.717, 1.165) is 0 Å². The molecule has 0 radical (unpaired) electrons. The van der Waals surface area contributed by atoms with Crippen LogP contribution in [0.15, 0.2) is 12.1 Å². The number of nitrogens with zero attached hydrogens (tertiary/aromatic N) is 2. The number of nitrogens with two attached hydrogens (primary N) is 1. The van der Waals surface area contributed by atoms with E-state index in [1.165, 1.54) is 6.07 Å². The second kappa shape index (κ2) is 5.14. The van der Waals surface area contributed by atoms with Gasteiger partial charge in [-0.05, 0) is 12.1 Å². The number of nitrogen functional groups attached to an aromatic ring is 1. The molecular weight excluding hydrogens is 237 g/mol. The number of aryl methyl sites for hydroxylation is 1. The molecule has 0 aliphatic rings. The fraction of sp³-hybridized carbons (Fsp3) is 0.333. The number of aliphatic hydroxyl groups excluding tert-OH is 1. The van der Waals surface area contributed by atoms with Gasteiger partial charge in [0.25, 0.3) is 0 Å². The predicted octanol–water partition coefficient (Wildman–Crippen LogP) is 1.28. The van der Waals surface area contributed by atoms with Crippen LogP contribution in [-0.4, -0.2) is 28.3 Å². The number of ether oxygens (including phenoxy) is 1. The van der Waals surface area contributed by atoms with Crippen molar-refractivity contribution in [3.05, 3.63) is 23.8 Å². The van der Waals surface area contributed by atoms with Crippen molar-refractivity contribution >= 4 is 16.6 Å². The van der Waals surface area contributed by atoms with E-state index in [9.17, 15) is 4.39 Å². The predicted molar refractivity (Wildman–Crippen MR) is 65.9 cm³/mol. The molecule has 1 aromatic carbocycles. The molecule has 3 N–H and O–H groups in total. The van der Waals surface area contributed by atoms with Gasteiger partial charge in [0, 0.05) is 12.1 Å². The van der Waals surface area contributed by atoms with E-state index < -0.39 is 5.82 Å². The van der Waals surface area contributed by atoms with Crippen molar-refractivity contribution in [2.24, 2.45) is 0 Å². The van der Waals surface area contributed by atoms with Gasteiger partial charge in [0.1, 0.15) is 17.9 Å². The summed E-state index contributed by atoms with van der Waals surface area (Å²) in [7, 11) is 0. The Morgan fingerprint density at radius 1 is 1.39 bits per heavy atom. The molecule has 0 aliphatic heterocycles. The Labute approximate surface area is 103 Å². The molecule has 5 nitrogen and oxygen atoms in total. The summed E-state index contributed by atoms with van der Waals surface area (Å²) in [4.78, 5) is 8.29. The van der Waals surface area contributed by atoms with Crippen molar-refractivity contribution in [1.82, 2.24) is 9.97 Å². The van der Waals surface area contributed by atoms with Crippen molar-refractivity contribution < 1.29 is 14.2 Å². The molecule has 0 unspecified atom stereocenters. The van der Waals surface area contributed by atoms with Crippen LogP contribution in [0, 0.1) is 5.82 Å². The SMILES string of the molecule is CCc1nc(OCCO)c2cc(N)cc(F)c2n1. The standard InChI is InChI=1S/C12H14FN3O2/c1-2-10-15-11-8(5-7(14)6-9(11)13)12(16-10)18-4-3-17/h5-6,17H,2-4,14H2,1H3. The molecule has 0 saturated carbocycles. The topological polar surface area (TPSA) is 81.3 Å². The lowest BCUT2D eigenvalue weighted by atomic mass is 10.2. The van der Waals surface area contributed by atoms with Gasteiger partial charge < -0.3 is 15.6 Å². The van der Waals surface area contributed by atoms with E-state index in [1.807, 2.05) is 6.92 Å². The summed E-state index contributed by atoms with van der Waals surface area (Å²) >= 11 is 0. The van der Waals surface area contributed by atoms with Crippen LogP contribution in [0.1, 0.15) is 12.7 Å². The van der Waals surface area contributed by atoms with Gasteiger partial charge in [0.15, 0.2) is 5.82 Å². The second-order valence-corrected chi connectivity index (χ2v) is 3.77. The number of rotatable bonds is 4. The molecule has 0 saturated heterocycles. The van der Waals surface area contributed by atoms with Crippen molar-refractivity contribution in [1.29, 1.82) is 0 Å². The van der Waals surface area contributed by atoms with Crippen LogP contribution in [0.2, 0.25) is 0 Å². The third kappa shape index (κ3) is 2.33. The van der Waals surface area contributed by atoms with Crippen LogP contribution >= 0.6 is 0 Å². The normalized spacial score (nSPS) is 10.8. The Hall–Kier alpha value is -1.95. The summed E-state index contributed by atoms with van der Waals surface area (Å²) in [5.74, 6) is 0.229. The lowest BCUT2D eigenvalue weighted by Gasteiger charge is -2.09. The number of hydrogen-bond acceptors (Lipinski definition) is 5. The highest BCUT2D eigenvalue weighted by Crippen LogP contribution is 2.27. The first-order valence-corrected chi connectivity index (χ1v) is 5.65. The number of hydrogen-bond donors (Lipinski definition) is 2. The van der Waals surface area contributed by atoms with Crippen LogP contribution < -0.4 is 10.5 Å². The largest absolute Gasteiger partial charge is 0.475 e. The summed E-state index contributed by atoms with van der Waals surface area (Å²) in [5, 5.41) is 9.18. The molecule has 0 bridgehead atoms. The van der Waals surface area contributed by atoms with Crippen molar-refractivity contribution in [3.63, 3.8) is 0 Å². The molecule has 96 valence electrons. The minimum atomic E-state index is -0.504. The highest BCUT2D eigenvalue weighted by molar-refractivity contribution is 5.86. The Balaban J connectivity index is 2.64. The molecule has 0 spiro atoms. The molecule has 0 amide bonds. The van der Waals surface area contributed by atoms with Gasteiger partial charge >= 0.3 is 0 Å². The molecule has 1 heterocycles. The van der Waals surface area contributed by atoms with Gasteiger partial charge in [0.05, 0.1) is 12.0 Å². The first kappa shape index (κ1) is 12.5. The quantitative estimate of drug-likeness (QED) is 0.800. The minimum absolute atomic E-state index is 0.0890.